The summed E-state index contributed by atoms with van der Waals surface area (Å²) in [6.07, 6.45) is 1.27. The molecule has 1 amide bonds. The maximum Gasteiger partial charge on any atom is 0.220 e. The number of carboxylic acids is 2. The molecule has 3 atom stereocenters. The van der Waals surface area contributed by atoms with Crippen molar-refractivity contribution < 1.29 is 63.6 Å². The molecule has 3 N–H and O–H groups in total. The van der Waals surface area contributed by atoms with Crippen molar-refractivity contribution in [3.05, 3.63) is 45.6 Å². The number of nitrogens with one attached hydrogen (secondary N) is 3. The van der Waals surface area contributed by atoms with Crippen LogP contribution in [0.4, 0.5) is 0 Å². The summed E-state index contributed by atoms with van der Waals surface area (Å²) in [6, 6.07) is 4.88. The Morgan fingerprint density at radius 2 is 1.41 bits per heavy atom. The van der Waals surface area contributed by atoms with E-state index in [0.29, 0.717) is 35.7 Å². The number of carbonyl (C=O) groups excluding carboxylic acids is 3. The second-order valence-electron chi connectivity index (χ2n) is 9.77. The first-order chi connectivity index (χ1) is 21.5. The van der Waals surface area contributed by atoms with Crippen molar-refractivity contribution in [2.45, 2.75) is 37.9 Å². The molecule has 2 aromatic carbocycles. The van der Waals surface area contributed by atoms with E-state index < -0.39 is 24.0 Å². The molecule has 2 aromatic rings. The summed E-state index contributed by atoms with van der Waals surface area (Å²) < 4.78 is 22.0. The van der Waals surface area contributed by atoms with Crippen LogP contribution in [0.3, 0.4) is 0 Å². The third kappa shape index (κ3) is 10.8. The number of carboxylic acid groups (broad SMARTS) is 2. The van der Waals surface area contributed by atoms with Crippen LogP contribution in [0, 0.1) is 0 Å². The zero-order valence-electron chi connectivity index (χ0n) is 26.1. The smallest absolute Gasteiger partial charge is 0.220 e. The summed E-state index contributed by atoms with van der Waals surface area (Å²) in [6.45, 7) is 2.04. The minimum absolute atomic E-state index is 0. The minimum Gasteiger partial charge on any atom is -0.548 e. The Bertz CT molecular complexity index is 1390. The van der Waals surface area contributed by atoms with Gasteiger partial charge in [-0.15, -0.1) is 0 Å². The average molecular weight is 765 g/mol. The molecule has 13 nitrogen and oxygen atoms in total. The quantitative estimate of drug-likeness (QED) is 0.119. The van der Waals surface area contributed by atoms with Gasteiger partial charge in [-0.1, -0.05) is 6.07 Å². The number of methoxy groups -OCH3 is 4. The number of hydrogen-bond acceptors (Lipinski definition) is 14. The predicted octanol–water partition coefficient (Wildman–Crippen LogP) is -0.869. The van der Waals surface area contributed by atoms with Crippen molar-refractivity contribution in [2.75, 3.05) is 53.0 Å². The molecular weight excluding hydrogens is 725 g/mol. The molecule has 0 fully saturated rings. The normalized spacial score (nSPS) is 14.3. The van der Waals surface area contributed by atoms with Crippen molar-refractivity contribution in [3.63, 3.8) is 0 Å². The molecule has 1 radical (unpaired) electrons. The SMILES string of the molecule is COc1cc2c(c(OC)c1OC)-c1ccc(OC)c(=O)cc1[C@@H](NC(C)=O)CC2.O=C([O-])[C@H](CS)NCCN[C@@H](CS)C(=O)[O-].[99Tc]. The fourth-order valence-electron chi connectivity index (χ4n) is 4.80. The molecule has 1 aliphatic carbocycles. The largest absolute Gasteiger partial charge is 0.548 e. The molecule has 3 rings (SSSR count). The second kappa shape index (κ2) is 20.3. The van der Waals surface area contributed by atoms with Gasteiger partial charge in [-0.05, 0) is 47.7 Å². The van der Waals surface area contributed by atoms with Gasteiger partial charge in [0.2, 0.25) is 17.1 Å². The van der Waals surface area contributed by atoms with Crippen molar-refractivity contribution in [3.8, 4) is 34.1 Å². The van der Waals surface area contributed by atoms with Gasteiger partial charge in [0.25, 0.3) is 0 Å². The molecule has 0 saturated heterocycles. The van der Waals surface area contributed by atoms with Crippen molar-refractivity contribution in [1.29, 1.82) is 0 Å². The monoisotopic (exact) mass is 764 g/mol. The molecule has 0 bridgehead atoms. The van der Waals surface area contributed by atoms with Crippen molar-refractivity contribution >= 4 is 43.1 Å². The molecule has 255 valence electrons. The van der Waals surface area contributed by atoms with Crippen molar-refractivity contribution in [2.24, 2.45) is 0 Å². The molecular formula is C30H39N3O10S2Tc-2. The summed E-state index contributed by atoms with van der Waals surface area (Å²) in [5.41, 5.74) is 3.01. The van der Waals surface area contributed by atoms with Crippen LogP contribution in [0.1, 0.15) is 30.5 Å². The van der Waals surface area contributed by atoms with Gasteiger partial charge in [-0.2, -0.15) is 25.3 Å². The van der Waals surface area contributed by atoms with Crippen LogP contribution in [0.5, 0.6) is 23.0 Å². The summed E-state index contributed by atoms with van der Waals surface area (Å²) in [5.74, 6) is -0.646. The van der Waals surface area contributed by atoms with Gasteiger partial charge in [0.1, 0.15) is 0 Å². The Morgan fingerprint density at radius 1 is 0.870 bits per heavy atom. The van der Waals surface area contributed by atoms with E-state index in [-0.39, 0.29) is 67.8 Å². The third-order valence-electron chi connectivity index (χ3n) is 6.94. The van der Waals surface area contributed by atoms with Crippen LogP contribution < -0.4 is 50.5 Å². The first-order valence-electron chi connectivity index (χ1n) is 13.9. The Balaban J connectivity index is 0.000000534. The maximum absolute atomic E-state index is 12.6. The van der Waals surface area contributed by atoms with Gasteiger partial charge >= 0.3 is 0 Å². The van der Waals surface area contributed by atoms with Gasteiger partial charge in [0.15, 0.2) is 17.2 Å². The topological polar surface area (TPSA) is 187 Å². The van der Waals surface area contributed by atoms with Gasteiger partial charge in [0.05, 0.1) is 58.5 Å². The second-order valence-corrected chi connectivity index (χ2v) is 10.5. The van der Waals surface area contributed by atoms with Crippen LogP contribution in [0.2, 0.25) is 0 Å². The predicted molar refractivity (Wildman–Crippen MR) is 171 cm³/mol. The number of hydrogen-bond donors (Lipinski definition) is 5. The molecule has 1 aliphatic rings. The zero-order valence-corrected chi connectivity index (χ0v) is 29.8. The van der Waals surface area contributed by atoms with Crippen LogP contribution in [-0.2, 0) is 40.9 Å². The Morgan fingerprint density at radius 3 is 1.85 bits per heavy atom. The molecule has 0 saturated carbocycles. The number of thiol groups is 2. The molecule has 0 spiro atoms. The van der Waals surface area contributed by atoms with Crippen LogP contribution >= 0.6 is 25.3 Å². The molecule has 0 unspecified atom stereocenters. The minimum atomic E-state index is -1.24. The standard InChI is InChI=1S/C22H25NO6.C8H16N2O4S2.Tc/c1-12(24)23-16-8-6-13-10-19(27-3)21(28-4)22(29-5)20(13)14-7-9-18(26-2)17(25)11-15(14)16;11-7(12)5(3-15)9-1-2-10-6(4-16)8(13)14;/h7,9-11,16H,6,8H2,1-5H3,(H,23,24);5-6,9-10,15-16H,1-4H2,(H,11,12)(H,13,14);/p-2/t16-;5-,6-;/m00./s1/i;;1+1. The molecule has 0 aliphatic heterocycles. The summed E-state index contributed by atoms with van der Waals surface area (Å²) >= 11 is 7.66. The zero-order chi connectivity index (χ0) is 33.7. The number of amides is 1. The van der Waals surface area contributed by atoms with Gasteiger partial charge in [-0.25, -0.2) is 0 Å². The number of ether oxygens (including phenoxy) is 4. The molecule has 46 heavy (non-hydrogen) atoms. The van der Waals surface area contributed by atoms with Gasteiger partial charge < -0.3 is 54.7 Å². The number of carbonyl (C=O) groups is 3. The van der Waals surface area contributed by atoms with Gasteiger partial charge in [0, 0.05) is 57.2 Å². The summed E-state index contributed by atoms with van der Waals surface area (Å²) in [7, 11) is 6.14. The van der Waals surface area contributed by atoms with E-state index >= 15 is 0 Å². The fourth-order valence-corrected chi connectivity index (χ4v) is 5.36. The number of aryl methyl sites for hydroxylation is 1. The summed E-state index contributed by atoms with van der Waals surface area (Å²) in [4.78, 5) is 45.4. The van der Waals surface area contributed by atoms with Crippen molar-refractivity contribution in [1.82, 2.24) is 16.0 Å². The van der Waals surface area contributed by atoms with E-state index in [1.165, 1.54) is 20.1 Å². The third-order valence-corrected chi connectivity index (χ3v) is 7.67. The van der Waals surface area contributed by atoms with E-state index in [1.54, 1.807) is 27.4 Å². The number of fused-ring (bicyclic) bond motifs is 3. The number of rotatable bonds is 14. The summed E-state index contributed by atoms with van der Waals surface area (Å²) in [5, 5.41) is 29.2. The number of aliphatic carboxylic acids is 2. The van der Waals surface area contributed by atoms with E-state index in [4.69, 9.17) is 18.9 Å². The van der Waals surface area contributed by atoms with Crippen LogP contribution in [0.25, 0.3) is 11.1 Å². The average Bonchev–Trinajstić information content (AvgIpc) is 3.25. The first kappa shape index (κ1) is 41.0. The first-order valence-corrected chi connectivity index (χ1v) is 15.2. The van der Waals surface area contributed by atoms with Crippen LogP contribution in [-0.4, -0.2) is 83.0 Å². The Labute approximate surface area is 292 Å². The number of benzene rings is 1. The van der Waals surface area contributed by atoms with Gasteiger partial charge in [-0.3, -0.25) is 9.59 Å². The fraction of sp³-hybridized carbons (Fsp3) is 0.467. The maximum atomic E-state index is 12.6. The van der Waals surface area contributed by atoms with E-state index in [1.807, 2.05) is 12.1 Å². The Kier molecular flexibility index (Phi) is 18.1. The molecule has 16 heteroatoms. The Hall–Kier alpha value is -3.01. The van der Waals surface area contributed by atoms with E-state index in [2.05, 4.69) is 41.2 Å². The molecule has 0 aromatic heterocycles. The van der Waals surface area contributed by atoms with E-state index in [9.17, 15) is 29.4 Å². The van der Waals surface area contributed by atoms with Crippen LogP contribution in [0.15, 0.2) is 29.1 Å². The molecule has 0 heterocycles. The van der Waals surface area contributed by atoms with E-state index in [0.717, 1.165) is 16.7 Å².